The van der Waals surface area contributed by atoms with Gasteiger partial charge in [0.2, 0.25) is 0 Å². The Kier molecular flexibility index (Phi) is 5.98. The lowest BCUT2D eigenvalue weighted by Gasteiger charge is -2.22. The van der Waals surface area contributed by atoms with Gasteiger partial charge in [0, 0.05) is 12.2 Å². The Hall–Kier alpha value is -2.34. The van der Waals surface area contributed by atoms with Crippen LogP contribution in [-0.2, 0) is 11.3 Å². The predicted octanol–water partition coefficient (Wildman–Crippen LogP) is 2.04. The first-order valence-corrected chi connectivity index (χ1v) is 8.01. The van der Waals surface area contributed by atoms with Crippen LogP contribution >= 0.6 is 0 Å². The molecular weight excluding hydrogens is 306 g/mol. The highest BCUT2D eigenvalue weighted by atomic mass is 16.5. The van der Waals surface area contributed by atoms with Gasteiger partial charge in [-0.05, 0) is 44.4 Å². The number of H-pyrrole nitrogens is 1. The number of nitrogens with one attached hydrogen (secondary N) is 1. The SMILES string of the molecule is Cc1ccc(C)c(OCC(=O)N(CCO)Cc2nc[nH]c2C)c1C. The van der Waals surface area contributed by atoms with Gasteiger partial charge in [-0.3, -0.25) is 4.79 Å². The lowest BCUT2D eigenvalue weighted by molar-refractivity contribution is -0.134. The van der Waals surface area contributed by atoms with Gasteiger partial charge in [-0.15, -0.1) is 0 Å². The fourth-order valence-corrected chi connectivity index (χ4v) is 2.51. The molecular formula is C18H25N3O3. The summed E-state index contributed by atoms with van der Waals surface area (Å²) in [5.74, 6) is 0.579. The van der Waals surface area contributed by atoms with Gasteiger partial charge >= 0.3 is 0 Å². The second kappa shape index (κ2) is 7.97. The van der Waals surface area contributed by atoms with E-state index in [1.807, 2.05) is 39.8 Å². The van der Waals surface area contributed by atoms with Crippen molar-refractivity contribution in [2.45, 2.75) is 34.2 Å². The van der Waals surface area contributed by atoms with Crippen LogP contribution in [0.15, 0.2) is 18.5 Å². The van der Waals surface area contributed by atoms with Crippen LogP contribution in [0.25, 0.3) is 0 Å². The number of aromatic nitrogens is 2. The third-order valence-corrected chi connectivity index (χ3v) is 4.21. The van der Waals surface area contributed by atoms with Crippen LogP contribution in [-0.4, -0.2) is 45.6 Å². The molecule has 0 atom stereocenters. The number of aliphatic hydroxyl groups excluding tert-OH is 1. The van der Waals surface area contributed by atoms with Crippen molar-refractivity contribution in [2.24, 2.45) is 0 Å². The van der Waals surface area contributed by atoms with Gasteiger partial charge in [0.05, 0.1) is 25.2 Å². The number of aliphatic hydroxyl groups is 1. The average molecular weight is 331 g/mol. The number of ether oxygens (including phenoxy) is 1. The number of hydrogen-bond acceptors (Lipinski definition) is 4. The zero-order valence-electron chi connectivity index (χ0n) is 14.7. The number of carbonyl (C=O) groups is 1. The Morgan fingerprint density at radius 1 is 1.25 bits per heavy atom. The normalized spacial score (nSPS) is 10.7. The molecule has 1 aromatic carbocycles. The molecule has 0 unspecified atom stereocenters. The van der Waals surface area contributed by atoms with Crippen LogP contribution in [0.1, 0.15) is 28.1 Å². The maximum absolute atomic E-state index is 12.5. The number of nitrogens with zero attached hydrogens (tertiary/aromatic N) is 2. The summed E-state index contributed by atoms with van der Waals surface area (Å²) in [5, 5.41) is 9.23. The van der Waals surface area contributed by atoms with E-state index in [-0.39, 0.29) is 25.7 Å². The largest absolute Gasteiger partial charge is 0.483 e. The number of carbonyl (C=O) groups excluding carboxylic acids is 1. The van der Waals surface area contributed by atoms with Crippen molar-refractivity contribution in [1.29, 1.82) is 0 Å². The van der Waals surface area contributed by atoms with E-state index in [0.717, 1.165) is 33.8 Å². The van der Waals surface area contributed by atoms with Gasteiger partial charge < -0.3 is 19.7 Å². The third kappa shape index (κ3) is 4.14. The summed E-state index contributed by atoms with van der Waals surface area (Å²) >= 11 is 0. The minimum absolute atomic E-state index is 0.0609. The van der Waals surface area contributed by atoms with Crippen LogP contribution in [0.2, 0.25) is 0 Å². The molecule has 2 rings (SSSR count). The third-order valence-electron chi connectivity index (χ3n) is 4.21. The highest BCUT2D eigenvalue weighted by Gasteiger charge is 2.17. The van der Waals surface area contributed by atoms with E-state index in [4.69, 9.17) is 4.74 Å². The predicted molar refractivity (Wildman–Crippen MR) is 92.0 cm³/mol. The quantitative estimate of drug-likeness (QED) is 0.814. The number of aromatic amines is 1. The molecule has 0 fully saturated rings. The molecule has 2 N–H and O–H groups in total. The number of imidazole rings is 1. The molecule has 1 heterocycles. The van der Waals surface area contributed by atoms with Gasteiger partial charge in [0.1, 0.15) is 5.75 Å². The Morgan fingerprint density at radius 2 is 1.96 bits per heavy atom. The monoisotopic (exact) mass is 331 g/mol. The van der Waals surface area contributed by atoms with Gasteiger partial charge in [0.25, 0.3) is 5.91 Å². The standard InChI is InChI=1S/C18H25N3O3/c1-12-5-6-13(2)18(14(12)3)24-10-17(23)21(7-8-22)9-16-15(4)19-11-20-16/h5-6,11,22H,7-10H2,1-4H3,(H,19,20). The summed E-state index contributed by atoms with van der Waals surface area (Å²) < 4.78 is 5.79. The molecule has 0 saturated heterocycles. The minimum Gasteiger partial charge on any atom is -0.483 e. The summed E-state index contributed by atoms with van der Waals surface area (Å²) in [6.07, 6.45) is 1.60. The lowest BCUT2D eigenvalue weighted by Crippen LogP contribution is -2.37. The van der Waals surface area contributed by atoms with Crippen LogP contribution in [0.5, 0.6) is 5.75 Å². The van der Waals surface area contributed by atoms with Crippen molar-refractivity contribution in [3.05, 3.63) is 46.5 Å². The smallest absolute Gasteiger partial charge is 0.260 e. The summed E-state index contributed by atoms with van der Waals surface area (Å²) in [7, 11) is 0. The number of rotatable bonds is 7. The second-order valence-corrected chi connectivity index (χ2v) is 5.96. The highest BCUT2D eigenvalue weighted by Crippen LogP contribution is 2.25. The van der Waals surface area contributed by atoms with Gasteiger partial charge in [-0.2, -0.15) is 0 Å². The van der Waals surface area contributed by atoms with Gasteiger partial charge in [0.15, 0.2) is 6.61 Å². The molecule has 0 aliphatic rings. The molecule has 130 valence electrons. The van der Waals surface area contributed by atoms with Crippen LogP contribution in [0, 0.1) is 27.7 Å². The summed E-state index contributed by atoms with van der Waals surface area (Å²) in [6, 6.07) is 4.03. The molecule has 1 aromatic heterocycles. The van der Waals surface area contributed by atoms with Gasteiger partial charge in [-0.1, -0.05) is 12.1 Å². The summed E-state index contributed by atoms with van der Waals surface area (Å²) in [6.45, 7) is 8.31. The maximum Gasteiger partial charge on any atom is 0.260 e. The molecule has 0 saturated carbocycles. The van der Waals surface area contributed by atoms with Crippen LogP contribution in [0.4, 0.5) is 0 Å². The zero-order chi connectivity index (χ0) is 17.7. The topological polar surface area (TPSA) is 78.4 Å². The van der Waals surface area contributed by atoms with Crippen molar-refractivity contribution < 1.29 is 14.6 Å². The molecule has 6 nitrogen and oxygen atoms in total. The first-order chi connectivity index (χ1) is 11.4. The molecule has 6 heteroatoms. The van der Waals surface area contributed by atoms with E-state index >= 15 is 0 Å². The Morgan fingerprint density at radius 3 is 2.58 bits per heavy atom. The molecule has 0 spiro atoms. The fraction of sp³-hybridized carbons (Fsp3) is 0.444. The van der Waals surface area contributed by atoms with Crippen molar-refractivity contribution in [3.63, 3.8) is 0 Å². The molecule has 0 aliphatic heterocycles. The average Bonchev–Trinajstić information content (AvgIpc) is 2.95. The number of aryl methyl sites for hydroxylation is 3. The number of benzene rings is 1. The molecule has 24 heavy (non-hydrogen) atoms. The number of hydrogen-bond donors (Lipinski definition) is 2. The van der Waals surface area contributed by atoms with Crippen molar-refractivity contribution in [3.8, 4) is 5.75 Å². The molecule has 1 amide bonds. The Labute approximate surface area is 142 Å². The minimum atomic E-state index is -0.174. The maximum atomic E-state index is 12.5. The van der Waals surface area contributed by atoms with E-state index in [1.54, 1.807) is 11.2 Å². The van der Waals surface area contributed by atoms with E-state index in [0.29, 0.717) is 6.54 Å². The summed E-state index contributed by atoms with van der Waals surface area (Å²) in [5.41, 5.74) is 4.88. The van der Waals surface area contributed by atoms with Crippen molar-refractivity contribution >= 4 is 5.91 Å². The summed E-state index contributed by atoms with van der Waals surface area (Å²) in [4.78, 5) is 21.3. The Balaban J connectivity index is 2.06. The van der Waals surface area contributed by atoms with Crippen LogP contribution in [0.3, 0.4) is 0 Å². The first kappa shape index (κ1) is 18.0. The van der Waals surface area contributed by atoms with Crippen molar-refractivity contribution in [2.75, 3.05) is 19.8 Å². The molecule has 0 bridgehead atoms. The van der Waals surface area contributed by atoms with Crippen molar-refractivity contribution in [1.82, 2.24) is 14.9 Å². The highest BCUT2D eigenvalue weighted by molar-refractivity contribution is 5.77. The molecule has 0 aliphatic carbocycles. The number of amides is 1. The fourth-order valence-electron chi connectivity index (χ4n) is 2.51. The van der Waals surface area contributed by atoms with E-state index in [9.17, 15) is 9.90 Å². The molecule has 2 aromatic rings. The van der Waals surface area contributed by atoms with Gasteiger partial charge in [-0.25, -0.2) is 4.98 Å². The lowest BCUT2D eigenvalue weighted by atomic mass is 10.1. The Bertz CT molecular complexity index is 710. The van der Waals surface area contributed by atoms with E-state index < -0.39 is 0 Å². The molecule has 0 radical (unpaired) electrons. The zero-order valence-corrected chi connectivity index (χ0v) is 14.7. The second-order valence-electron chi connectivity index (χ2n) is 5.96. The van der Waals surface area contributed by atoms with Crippen LogP contribution < -0.4 is 4.74 Å². The first-order valence-electron chi connectivity index (χ1n) is 8.01. The van der Waals surface area contributed by atoms with E-state index in [2.05, 4.69) is 9.97 Å². The van der Waals surface area contributed by atoms with E-state index in [1.165, 1.54) is 0 Å².